The molecule has 1 spiro atoms. The maximum atomic E-state index is 13.9. The summed E-state index contributed by atoms with van der Waals surface area (Å²) in [6.07, 6.45) is 4.93. The SMILES string of the molecule is CCN(CC)C(=O)c1ccc(Cc2ccccc2OCCN2CCC3(CC2)C(=O)N(CC2CC2)CN3c2ccccc2)cc1. The molecule has 2 amide bonds. The number of benzene rings is 3. The molecule has 1 aliphatic carbocycles. The number of amides is 2. The summed E-state index contributed by atoms with van der Waals surface area (Å²) in [4.78, 5) is 35.3. The summed E-state index contributed by atoms with van der Waals surface area (Å²) >= 11 is 0. The highest BCUT2D eigenvalue weighted by molar-refractivity contribution is 5.94. The van der Waals surface area contributed by atoms with E-state index in [0.29, 0.717) is 38.2 Å². The maximum absolute atomic E-state index is 13.9. The van der Waals surface area contributed by atoms with Crippen molar-refractivity contribution in [2.75, 3.05) is 57.4 Å². The minimum atomic E-state index is -0.439. The summed E-state index contributed by atoms with van der Waals surface area (Å²) in [5.74, 6) is 1.99. The molecule has 0 aromatic heterocycles. The van der Waals surface area contributed by atoms with Crippen LogP contribution in [0, 0.1) is 5.92 Å². The highest BCUT2D eigenvalue weighted by Gasteiger charge is 2.54. The highest BCUT2D eigenvalue weighted by atomic mass is 16.5. The molecule has 7 heteroatoms. The average Bonchev–Trinajstić information content (AvgIpc) is 3.85. The van der Waals surface area contributed by atoms with Gasteiger partial charge in [-0.3, -0.25) is 14.5 Å². The van der Waals surface area contributed by atoms with Gasteiger partial charge < -0.3 is 19.4 Å². The largest absolute Gasteiger partial charge is 0.492 e. The van der Waals surface area contributed by atoms with Gasteiger partial charge in [0.25, 0.3) is 5.91 Å². The molecule has 2 aliphatic heterocycles. The fourth-order valence-electron chi connectivity index (χ4n) is 6.85. The second-order valence-corrected chi connectivity index (χ2v) is 12.6. The fourth-order valence-corrected chi connectivity index (χ4v) is 6.85. The molecule has 6 rings (SSSR count). The Hall–Kier alpha value is -3.84. The van der Waals surface area contributed by atoms with Gasteiger partial charge in [-0.25, -0.2) is 0 Å². The smallest absolute Gasteiger partial charge is 0.253 e. The first-order chi connectivity index (χ1) is 21.5. The molecule has 7 nitrogen and oxygen atoms in total. The van der Waals surface area contributed by atoms with Gasteiger partial charge >= 0.3 is 0 Å². The molecule has 1 saturated carbocycles. The van der Waals surface area contributed by atoms with Crippen molar-refractivity contribution in [3.8, 4) is 5.75 Å². The molecule has 2 heterocycles. The van der Waals surface area contributed by atoms with Crippen molar-refractivity contribution < 1.29 is 14.3 Å². The van der Waals surface area contributed by atoms with Crippen LogP contribution in [0.4, 0.5) is 5.69 Å². The summed E-state index contributed by atoms with van der Waals surface area (Å²) in [7, 11) is 0. The molecule has 2 saturated heterocycles. The molecule has 0 bridgehead atoms. The van der Waals surface area contributed by atoms with Crippen molar-refractivity contribution in [2.24, 2.45) is 5.92 Å². The van der Waals surface area contributed by atoms with Gasteiger partial charge in [0.2, 0.25) is 5.91 Å². The molecule has 0 unspecified atom stereocenters. The van der Waals surface area contributed by atoms with Gasteiger partial charge in [-0.05, 0) is 86.9 Å². The Morgan fingerprint density at radius 1 is 0.909 bits per heavy atom. The van der Waals surface area contributed by atoms with Gasteiger partial charge in [-0.2, -0.15) is 0 Å². The highest BCUT2D eigenvalue weighted by Crippen LogP contribution is 2.41. The third-order valence-corrected chi connectivity index (χ3v) is 9.72. The van der Waals surface area contributed by atoms with E-state index in [0.717, 1.165) is 73.6 Å². The molecule has 0 radical (unpaired) electrons. The molecule has 3 aromatic rings. The standard InChI is InChI=1S/C37H46N4O3/c1-3-39(4-2)35(42)31-18-16-29(17-19-31)26-32-10-8-9-13-34(32)44-25-24-38-22-20-37(21-23-38)36(43)40(27-30-14-15-30)28-41(37)33-11-6-5-7-12-33/h5-13,16-19,30H,3-4,14-15,20-28H2,1-2H3. The third kappa shape index (κ3) is 6.48. The van der Waals surface area contributed by atoms with Crippen LogP contribution in [-0.4, -0.2) is 84.6 Å². The number of likely N-dealkylation sites (tertiary alicyclic amines) is 1. The predicted molar refractivity (Wildman–Crippen MR) is 175 cm³/mol. The fraction of sp³-hybridized carbons (Fsp3) is 0.459. The van der Waals surface area contributed by atoms with Crippen molar-refractivity contribution in [2.45, 2.75) is 51.5 Å². The molecule has 44 heavy (non-hydrogen) atoms. The normalized spacial score (nSPS) is 18.2. The van der Waals surface area contributed by atoms with Gasteiger partial charge in [-0.15, -0.1) is 0 Å². The van der Waals surface area contributed by atoms with Crippen molar-refractivity contribution in [3.05, 3.63) is 95.6 Å². The Morgan fingerprint density at radius 3 is 2.27 bits per heavy atom. The number of ether oxygens (including phenoxy) is 1. The van der Waals surface area contributed by atoms with E-state index in [4.69, 9.17) is 4.74 Å². The molecular weight excluding hydrogens is 548 g/mol. The van der Waals surface area contributed by atoms with E-state index in [-0.39, 0.29) is 5.91 Å². The van der Waals surface area contributed by atoms with Gasteiger partial charge in [0.15, 0.2) is 0 Å². The first kappa shape index (κ1) is 30.2. The number of hydrogen-bond acceptors (Lipinski definition) is 5. The Bertz CT molecular complexity index is 1410. The van der Waals surface area contributed by atoms with Gasteiger partial charge in [0.1, 0.15) is 17.9 Å². The molecule has 3 aromatic carbocycles. The lowest BCUT2D eigenvalue weighted by molar-refractivity contribution is -0.133. The van der Waals surface area contributed by atoms with Crippen LogP contribution in [0.25, 0.3) is 0 Å². The van der Waals surface area contributed by atoms with E-state index in [9.17, 15) is 9.59 Å². The summed E-state index contributed by atoms with van der Waals surface area (Å²) in [5.41, 5.74) is 3.73. The monoisotopic (exact) mass is 594 g/mol. The Morgan fingerprint density at radius 2 is 1.59 bits per heavy atom. The van der Waals surface area contributed by atoms with Crippen LogP contribution in [0.15, 0.2) is 78.9 Å². The first-order valence-corrected chi connectivity index (χ1v) is 16.4. The minimum Gasteiger partial charge on any atom is -0.492 e. The number of piperidine rings is 1. The van der Waals surface area contributed by atoms with Crippen LogP contribution < -0.4 is 9.64 Å². The topological polar surface area (TPSA) is 56.3 Å². The van der Waals surface area contributed by atoms with Crippen LogP contribution in [0.2, 0.25) is 0 Å². The molecule has 3 aliphatic rings. The summed E-state index contributed by atoms with van der Waals surface area (Å²) in [6.45, 7) is 10.2. The number of rotatable bonds is 12. The zero-order valence-electron chi connectivity index (χ0n) is 26.3. The number of carbonyl (C=O) groups excluding carboxylic acids is 2. The lowest BCUT2D eigenvalue weighted by Crippen LogP contribution is -2.56. The van der Waals surface area contributed by atoms with Crippen LogP contribution in [0.1, 0.15) is 61.0 Å². The lowest BCUT2D eigenvalue weighted by atomic mass is 9.85. The zero-order chi connectivity index (χ0) is 30.5. The maximum Gasteiger partial charge on any atom is 0.253 e. The molecular formula is C37H46N4O3. The predicted octanol–water partition coefficient (Wildman–Crippen LogP) is 5.69. The molecule has 232 valence electrons. The summed E-state index contributed by atoms with van der Waals surface area (Å²) in [6, 6.07) is 26.7. The molecule has 3 fully saturated rings. The van der Waals surface area contributed by atoms with Crippen LogP contribution in [-0.2, 0) is 11.2 Å². The first-order valence-electron chi connectivity index (χ1n) is 16.4. The van der Waals surface area contributed by atoms with Crippen LogP contribution in [0.3, 0.4) is 0 Å². The van der Waals surface area contributed by atoms with E-state index in [1.807, 2.05) is 67.3 Å². The van der Waals surface area contributed by atoms with E-state index >= 15 is 0 Å². The number of anilines is 1. The molecule has 0 atom stereocenters. The van der Waals surface area contributed by atoms with Gasteiger partial charge in [0, 0.05) is 56.9 Å². The van der Waals surface area contributed by atoms with E-state index < -0.39 is 5.54 Å². The number of para-hydroxylation sites is 2. The van der Waals surface area contributed by atoms with Crippen molar-refractivity contribution >= 4 is 17.5 Å². The quantitative estimate of drug-likeness (QED) is 0.270. The Kier molecular flexibility index (Phi) is 9.22. The second kappa shape index (κ2) is 13.4. The average molecular weight is 595 g/mol. The minimum absolute atomic E-state index is 0.0783. The third-order valence-electron chi connectivity index (χ3n) is 9.72. The van der Waals surface area contributed by atoms with Gasteiger partial charge in [0.05, 0.1) is 6.67 Å². The van der Waals surface area contributed by atoms with E-state index in [1.54, 1.807) is 0 Å². The lowest BCUT2D eigenvalue weighted by Gasteiger charge is -2.43. The van der Waals surface area contributed by atoms with Gasteiger partial charge in [-0.1, -0.05) is 48.5 Å². The zero-order valence-corrected chi connectivity index (χ0v) is 26.3. The van der Waals surface area contributed by atoms with Crippen LogP contribution >= 0.6 is 0 Å². The van der Waals surface area contributed by atoms with Crippen LogP contribution in [0.5, 0.6) is 5.75 Å². The Balaban J connectivity index is 1.04. The Labute approximate surface area is 262 Å². The molecule has 0 N–H and O–H groups in total. The van der Waals surface area contributed by atoms with E-state index in [1.165, 1.54) is 12.8 Å². The second-order valence-electron chi connectivity index (χ2n) is 12.6. The van der Waals surface area contributed by atoms with Crippen molar-refractivity contribution in [1.29, 1.82) is 0 Å². The number of hydrogen-bond donors (Lipinski definition) is 0. The summed E-state index contributed by atoms with van der Waals surface area (Å²) < 4.78 is 6.34. The summed E-state index contributed by atoms with van der Waals surface area (Å²) in [5, 5.41) is 0. The number of carbonyl (C=O) groups is 2. The van der Waals surface area contributed by atoms with Crippen molar-refractivity contribution in [3.63, 3.8) is 0 Å². The van der Waals surface area contributed by atoms with E-state index in [2.05, 4.69) is 45.0 Å². The number of nitrogens with zero attached hydrogens (tertiary/aromatic N) is 4. The van der Waals surface area contributed by atoms with Crippen molar-refractivity contribution in [1.82, 2.24) is 14.7 Å².